The molecule has 1 aliphatic rings. The highest BCUT2D eigenvalue weighted by Gasteiger charge is 2.25. The molecule has 2 heterocycles. The summed E-state index contributed by atoms with van der Waals surface area (Å²) in [6.45, 7) is 6.32. The molecular weight excluding hydrogens is 394 g/mol. The highest BCUT2D eigenvalue weighted by Crippen LogP contribution is 2.31. The van der Waals surface area contributed by atoms with E-state index in [4.69, 9.17) is 0 Å². The lowest BCUT2D eigenvalue weighted by Crippen LogP contribution is -2.36. The van der Waals surface area contributed by atoms with Crippen molar-refractivity contribution in [2.24, 2.45) is 0 Å². The Morgan fingerprint density at radius 3 is 2.90 bits per heavy atom. The quantitative estimate of drug-likeness (QED) is 0.459. The molecule has 1 aromatic carbocycles. The topological polar surface area (TPSA) is 72.7 Å². The lowest BCUT2D eigenvalue weighted by molar-refractivity contribution is -0.121. The number of carbonyl (C=O) groups is 1. The summed E-state index contributed by atoms with van der Waals surface area (Å²) in [5, 5.41) is 12.3. The number of fused-ring (bicyclic) bond motifs is 1. The number of carbonyl (C=O) groups excluding carboxylic acids is 1. The third kappa shape index (κ3) is 4.31. The molecule has 0 aliphatic heterocycles. The standard InChI is InChI=1S/C23H25N5OS/c1-3-15-28-21(18-11-13-24-14-12-18)26-27-23(28)30-16(2)22(29)25-20-10-6-8-17-7-4-5-9-19(17)20/h3-5,7,9,11-14,16,20H,1,6,8,10,15H2,2H3,(H,25,29). The number of hydrogen-bond acceptors (Lipinski definition) is 5. The Morgan fingerprint density at radius 1 is 1.30 bits per heavy atom. The van der Waals surface area contributed by atoms with Crippen LogP contribution >= 0.6 is 11.8 Å². The van der Waals surface area contributed by atoms with Crippen molar-refractivity contribution in [1.82, 2.24) is 25.1 Å². The van der Waals surface area contributed by atoms with Gasteiger partial charge in [-0.25, -0.2) is 0 Å². The van der Waals surface area contributed by atoms with Gasteiger partial charge in [0.2, 0.25) is 5.91 Å². The summed E-state index contributed by atoms with van der Waals surface area (Å²) in [6.07, 6.45) is 8.41. The van der Waals surface area contributed by atoms with E-state index in [9.17, 15) is 4.79 Å². The van der Waals surface area contributed by atoms with E-state index in [0.717, 1.165) is 30.7 Å². The largest absolute Gasteiger partial charge is 0.348 e. The molecule has 1 aliphatic carbocycles. The predicted molar refractivity (Wildman–Crippen MR) is 119 cm³/mol. The lowest BCUT2D eigenvalue weighted by Gasteiger charge is -2.27. The van der Waals surface area contributed by atoms with E-state index in [1.807, 2.05) is 35.8 Å². The number of hydrogen-bond donors (Lipinski definition) is 1. The van der Waals surface area contributed by atoms with Crippen LogP contribution in [-0.2, 0) is 17.8 Å². The molecule has 2 aromatic heterocycles. The van der Waals surface area contributed by atoms with Crippen LogP contribution in [0.1, 0.15) is 36.9 Å². The molecule has 1 N–H and O–H groups in total. The van der Waals surface area contributed by atoms with Gasteiger partial charge in [0, 0.05) is 24.5 Å². The minimum Gasteiger partial charge on any atom is -0.348 e. The van der Waals surface area contributed by atoms with Crippen LogP contribution in [0.15, 0.2) is 66.6 Å². The smallest absolute Gasteiger partial charge is 0.233 e. The number of nitrogens with zero attached hydrogens (tertiary/aromatic N) is 4. The summed E-state index contributed by atoms with van der Waals surface area (Å²) in [6, 6.07) is 12.3. The molecule has 0 fully saturated rings. The number of benzene rings is 1. The minimum atomic E-state index is -0.294. The van der Waals surface area contributed by atoms with Crippen molar-refractivity contribution in [3.63, 3.8) is 0 Å². The molecule has 0 bridgehead atoms. The van der Waals surface area contributed by atoms with Gasteiger partial charge in [-0.15, -0.1) is 16.8 Å². The first-order chi connectivity index (χ1) is 14.7. The van der Waals surface area contributed by atoms with Crippen LogP contribution in [0.5, 0.6) is 0 Å². The van der Waals surface area contributed by atoms with Gasteiger partial charge < -0.3 is 5.32 Å². The van der Waals surface area contributed by atoms with Crippen LogP contribution in [-0.4, -0.2) is 30.9 Å². The van der Waals surface area contributed by atoms with E-state index in [2.05, 4.69) is 45.3 Å². The molecule has 3 aromatic rings. The Kier molecular flexibility index (Phi) is 6.28. The Hall–Kier alpha value is -2.93. The Labute approximate surface area is 180 Å². The lowest BCUT2D eigenvalue weighted by atomic mass is 9.88. The van der Waals surface area contributed by atoms with E-state index in [1.54, 1.807) is 12.4 Å². The molecule has 0 spiro atoms. The van der Waals surface area contributed by atoms with Crippen molar-refractivity contribution in [1.29, 1.82) is 0 Å². The molecule has 4 rings (SSSR count). The van der Waals surface area contributed by atoms with E-state index < -0.39 is 0 Å². The first-order valence-electron chi connectivity index (χ1n) is 10.2. The van der Waals surface area contributed by atoms with Gasteiger partial charge in [-0.1, -0.05) is 42.1 Å². The molecule has 2 unspecified atom stereocenters. The van der Waals surface area contributed by atoms with Gasteiger partial charge >= 0.3 is 0 Å². The Bertz CT molecular complexity index is 1030. The molecule has 0 radical (unpaired) electrons. The average molecular weight is 420 g/mol. The van der Waals surface area contributed by atoms with Crippen LogP contribution in [0.2, 0.25) is 0 Å². The first kappa shape index (κ1) is 20.3. The maximum absolute atomic E-state index is 13.0. The van der Waals surface area contributed by atoms with Crippen LogP contribution < -0.4 is 5.32 Å². The highest BCUT2D eigenvalue weighted by molar-refractivity contribution is 8.00. The fourth-order valence-corrected chi connectivity index (χ4v) is 4.66. The summed E-state index contributed by atoms with van der Waals surface area (Å²) in [7, 11) is 0. The van der Waals surface area contributed by atoms with Gasteiger partial charge in [0.25, 0.3) is 0 Å². The number of allylic oxidation sites excluding steroid dienone is 1. The predicted octanol–water partition coefficient (Wildman–Crippen LogP) is 4.20. The number of aromatic nitrogens is 4. The average Bonchev–Trinajstić information content (AvgIpc) is 3.17. The Morgan fingerprint density at radius 2 is 2.10 bits per heavy atom. The van der Waals surface area contributed by atoms with Gasteiger partial charge in [-0.2, -0.15) is 0 Å². The van der Waals surface area contributed by atoms with E-state index in [0.29, 0.717) is 11.7 Å². The zero-order valence-corrected chi connectivity index (χ0v) is 17.8. The van der Waals surface area contributed by atoms with Crippen LogP contribution in [0, 0.1) is 0 Å². The normalized spacial score (nSPS) is 16.5. The summed E-state index contributed by atoms with van der Waals surface area (Å²) in [4.78, 5) is 17.0. The molecule has 30 heavy (non-hydrogen) atoms. The molecule has 2 atom stereocenters. The van der Waals surface area contributed by atoms with Gasteiger partial charge in [-0.05, 0) is 49.4 Å². The highest BCUT2D eigenvalue weighted by atomic mass is 32.2. The third-order valence-electron chi connectivity index (χ3n) is 5.30. The van der Waals surface area contributed by atoms with Gasteiger partial charge in [0.15, 0.2) is 11.0 Å². The van der Waals surface area contributed by atoms with E-state index in [1.165, 1.54) is 22.9 Å². The van der Waals surface area contributed by atoms with Crippen molar-refractivity contribution in [2.75, 3.05) is 0 Å². The monoisotopic (exact) mass is 419 g/mol. The number of nitrogens with one attached hydrogen (secondary N) is 1. The summed E-state index contributed by atoms with van der Waals surface area (Å²) in [5.74, 6) is 0.758. The third-order valence-corrected chi connectivity index (χ3v) is 6.38. The second kappa shape index (κ2) is 9.26. The van der Waals surface area contributed by atoms with Crippen LogP contribution in [0.25, 0.3) is 11.4 Å². The van der Waals surface area contributed by atoms with Gasteiger partial charge in [0.05, 0.1) is 11.3 Å². The molecular formula is C23H25N5OS. The number of pyridine rings is 1. The maximum Gasteiger partial charge on any atom is 0.233 e. The van der Waals surface area contributed by atoms with Crippen molar-refractivity contribution < 1.29 is 4.79 Å². The zero-order chi connectivity index (χ0) is 20.9. The second-order valence-electron chi connectivity index (χ2n) is 7.35. The molecule has 0 saturated carbocycles. The summed E-state index contributed by atoms with van der Waals surface area (Å²) >= 11 is 1.42. The second-order valence-corrected chi connectivity index (χ2v) is 8.66. The summed E-state index contributed by atoms with van der Waals surface area (Å²) < 4.78 is 1.98. The molecule has 1 amide bonds. The fourth-order valence-electron chi connectivity index (χ4n) is 3.79. The number of aryl methyl sites for hydroxylation is 1. The van der Waals surface area contributed by atoms with Gasteiger partial charge in [-0.3, -0.25) is 14.3 Å². The number of thioether (sulfide) groups is 1. The van der Waals surface area contributed by atoms with E-state index in [-0.39, 0.29) is 17.2 Å². The summed E-state index contributed by atoms with van der Waals surface area (Å²) in [5.41, 5.74) is 3.51. The minimum absolute atomic E-state index is 0.0142. The van der Waals surface area contributed by atoms with Crippen molar-refractivity contribution >= 4 is 17.7 Å². The zero-order valence-electron chi connectivity index (χ0n) is 17.0. The molecule has 6 nitrogen and oxygen atoms in total. The molecule has 0 saturated heterocycles. The van der Waals surface area contributed by atoms with Crippen LogP contribution in [0.3, 0.4) is 0 Å². The van der Waals surface area contributed by atoms with Crippen LogP contribution in [0.4, 0.5) is 0 Å². The maximum atomic E-state index is 13.0. The molecule has 154 valence electrons. The van der Waals surface area contributed by atoms with E-state index >= 15 is 0 Å². The van der Waals surface area contributed by atoms with Crippen molar-refractivity contribution in [2.45, 2.75) is 49.2 Å². The molecule has 7 heteroatoms. The fraction of sp³-hybridized carbons (Fsp3) is 0.304. The van der Waals surface area contributed by atoms with Gasteiger partial charge in [0.1, 0.15) is 0 Å². The SMILES string of the molecule is C=CCn1c(SC(C)C(=O)NC2CCCc3ccccc32)nnc1-c1ccncc1. The first-order valence-corrected chi connectivity index (χ1v) is 11.0. The Balaban J connectivity index is 1.49. The number of amides is 1. The van der Waals surface area contributed by atoms with Crippen molar-refractivity contribution in [3.8, 4) is 11.4 Å². The van der Waals surface area contributed by atoms with Crippen molar-refractivity contribution in [3.05, 3.63) is 72.6 Å². The number of rotatable bonds is 7.